The van der Waals surface area contributed by atoms with Crippen LogP contribution in [0.3, 0.4) is 0 Å². The van der Waals surface area contributed by atoms with Crippen LogP contribution in [0.2, 0.25) is 0 Å². The molecule has 0 aromatic heterocycles. The van der Waals surface area contributed by atoms with Gasteiger partial charge in [-0.3, -0.25) is 4.89 Å². The van der Waals surface area contributed by atoms with Crippen molar-refractivity contribution < 1.29 is 19.7 Å². The molecule has 0 heterocycles. The van der Waals surface area contributed by atoms with E-state index in [1.807, 2.05) is 6.92 Å². The highest BCUT2D eigenvalue weighted by atomic mass is 17.2. The molecule has 0 amide bonds. The highest BCUT2D eigenvalue weighted by Crippen LogP contribution is 2.10. The van der Waals surface area contributed by atoms with E-state index in [2.05, 4.69) is 9.78 Å². The number of aliphatic hydroxyl groups is 1. The molecule has 0 fully saturated rings. The average Bonchev–Trinajstić information content (AvgIpc) is 2.12. The molecule has 0 saturated carbocycles. The van der Waals surface area contributed by atoms with Gasteiger partial charge in [0, 0.05) is 0 Å². The minimum Gasteiger partial charge on any atom is -0.378 e. The quantitative estimate of drug-likeness (QED) is 0.391. The fourth-order valence-corrected chi connectivity index (χ4v) is 0.533. The lowest BCUT2D eigenvalue weighted by molar-refractivity contribution is -0.284. The third kappa shape index (κ3) is 4.85. The molecule has 0 rings (SSSR count). The predicted molar refractivity (Wildman–Crippen MR) is 47.9 cm³/mol. The second kappa shape index (κ2) is 5.94. The van der Waals surface area contributed by atoms with E-state index >= 15 is 0 Å². The molecule has 0 aliphatic carbocycles. The maximum atomic E-state index is 11.1. The minimum absolute atomic E-state index is 0.309. The molecular formula is C9H18O4. The Morgan fingerprint density at radius 1 is 1.46 bits per heavy atom. The van der Waals surface area contributed by atoms with Crippen LogP contribution in [0.1, 0.15) is 40.0 Å². The normalized spacial score (nSPS) is 15.1. The number of unbranched alkanes of at least 4 members (excludes halogenated alkanes) is 1. The molecule has 0 aliphatic heterocycles. The molecular weight excluding hydrogens is 172 g/mol. The first-order valence-electron chi connectivity index (χ1n) is 4.60. The fraction of sp³-hybridized carbons (Fsp3) is 0.889. The van der Waals surface area contributed by atoms with Crippen molar-refractivity contribution in [1.29, 1.82) is 0 Å². The second-order valence-electron chi connectivity index (χ2n) is 3.17. The van der Waals surface area contributed by atoms with E-state index < -0.39 is 11.6 Å². The molecule has 13 heavy (non-hydrogen) atoms. The summed E-state index contributed by atoms with van der Waals surface area (Å²) in [6.07, 6.45) is 2.12. The summed E-state index contributed by atoms with van der Waals surface area (Å²) in [6.45, 7) is 5.49. The summed E-state index contributed by atoms with van der Waals surface area (Å²) < 4.78 is 0. The lowest BCUT2D eigenvalue weighted by Crippen LogP contribution is -2.36. The van der Waals surface area contributed by atoms with Crippen LogP contribution in [0, 0.1) is 0 Å². The Balaban J connectivity index is 3.62. The van der Waals surface area contributed by atoms with Crippen molar-refractivity contribution in [2.24, 2.45) is 0 Å². The summed E-state index contributed by atoms with van der Waals surface area (Å²) in [5.41, 5.74) is -1.44. The molecule has 4 heteroatoms. The molecule has 1 unspecified atom stereocenters. The van der Waals surface area contributed by atoms with Gasteiger partial charge in [-0.25, -0.2) is 4.79 Å². The average molecular weight is 190 g/mol. The Bertz CT molecular complexity index is 154. The standard InChI is InChI=1S/C9H18O4/c1-4-6-7-12-13-8(10)9(3,11)5-2/h11H,4-7H2,1-3H3. The number of carbonyl (C=O) groups is 1. The second-order valence-corrected chi connectivity index (χ2v) is 3.17. The Hall–Kier alpha value is -0.610. The molecule has 4 nitrogen and oxygen atoms in total. The largest absolute Gasteiger partial charge is 0.378 e. The van der Waals surface area contributed by atoms with Crippen LogP contribution < -0.4 is 0 Å². The summed E-state index contributed by atoms with van der Waals surface area (Å²) in [7, 11) is 0. The van der Waals surface area contributed by atoms with Crippen molar-refractivity contribution >= 4 is 5.97 Å². The van der Waals surface area contributed by atoms with Crippen molar-refractivity contribution in [3.8, 4) is 0 Å². The van der Waals surface area contributed by atoms with Crippen molar-refractivity contribution in [2.45, 2.75) is 45.6 Å². The Kier molecular flexibility index (Phi) is 5.66. The van der Waals surface area contributed by atoms with Crippen LogP contribution in [0.4, 0.5) is 0 Å². The van der Waals surface area contributed by atoms with Crippen LogP contribution >= 0.6 is 0 Å². The molecule has 1 N–H and O–H groups in total. The Morgan fingerprint density at radius 2 is 2.08 bits per heavy atom. The van der Waals surface area contributed by atoms with Crippen molar-refractivity contribution in [1.82, 2.24) is 0 Å². The minimum atomic E-state index is -1.44. The fourth-order valence-electron chi connectivity index (χ4n) is 0.533. The van der Waals surface area contributed by atoms with Crippen LogP contribution in [-0.2, 0) is 14.6 Å². The summed E-state index contributed by atoms with van der Waals surface area (Å²) in [5.74, 6) is -0.730. The Morgan fingerprint density at radius 3 is 2.54 bits per heavy atom. The molecule has 1 atom stereocenters. The van der Waals surface area contributed by atoms with Gasteiger partial charge in [-0.05, 0) is 19.8 Å². The van der Waals surface area contributed by atoms with Gasteiger partial charge in [-0.2, -0.15) is 4.89 Å². The van der Waals surface area contributed by atoms with Gasteiger partial charge in [0.1, 0.15) is 0 Å². The highest BCUT2D eigenvalue weighted by molar-refractivity contribution is 5.77. The van der Waals surface area contributed by atoms with Gasteiger partial charge < -0.3 is 5.11 Å². The molecule has 0 saturated heterocycles. The lowest BCUT2D eigenvalue weighted by atomic mass is 10.1. The van der Waals surface area contributed by atoms with Crippen LogP contribution in [0.15, 0.2) is 0 Å². The lowest BCUT2D eigenvalue weighted by Gasteiger charge is -2.17. The molecule has 0 aromatic carbocycles. The smallest absolute Gasteiger partial charge is 0.373 e. The number of hydrogen-bond donors (Lipinski definition) is 1. The van der Waals surface area contributed by atoms with Gasteiger partial charge >= 0.3 is 5.97 Å². The third-order valence-electron chi connectivity index (χ3n) is 1.84. The van der Waals surface area contributed by atoms with Crippen molar-refractivity contribution in [3.05, 3.63) is 0 Å². The van der Waals surface area contributed by atoms with Gasteiger partial charge in [0.2, 0.25) is 0 Å². The van der Waals surface area contributed by atoms with Gasteiger partial charge in [0.05, 0.1) is 6.61 Å². The number of rotatable bonds is 6. The zero-order valence-corrected chi connectivity index (χ0v) is 8.50. The maximum Gasteiger partial charge on any atom is 0.373 e. The van der Waals surface area contributed by atoms with E-state index in [4.69, 9.17) is 0 Å². The predicted octanol–water partition coefficient (Wildman–Crippen LogP) is 1.42. The van der Waals surface area contributed by atoms with Crippen molar-refractivity contribution in [2.75, 3.05) is 6.61 Å². The first-order chi connectivity index (χ1) is 6.04. The molecule has 0 spiro atoms. The van der Waals surface area contributed by atoms with Gasteiger partial charge in [-0.1, -0.05) is 20.3 Å². The van der Waals surface area contributed by atoms with E-state index in [1.165, 1.54) is 6.92 Å². The number of carbonyl (C=O) groups excluding carboxylic acids is 1. The summed E-state index contributed by atoms with van der Waals surface area (Å²) >= 11 is 0. The van der Waals surface area contributed by atoms with Crippen LogP contribution in [0.25, 0.3) is 0 Å². The summed E-state index contributed by atoms with van der Waals surface area (Å²) in [4.78, 5) is 20.1. The van der Waals surface area contributed by atoms with E-state index in [9.17, 15) is 9.90 Å². The number of hydrogen-bond acceptors (Lipinski definition) is 4. The summed E-state index contributed by atoms with van der Waals surface area (Å²) in [6, 6.07) is 0. The first-order valence-corrected chi connectivity index (χ1v) is 4.60. The highest BCUT2D eigenvalue weighted by Gasteiger charge is 2.30. The molecule has 0 aliphatic rings. The monoisotopic (exact) mass is 190 g/mol. The van der Waals surface area contributed by atoms with Crippen LogP contribution in [-0.4, -0.2) is 23.3 Å². The molecule has 78 valence electrons. The topological polar surface area (TPSA) is 55.8 Å². The Labute approximate surface area is 78.8 Å². The van der Waals surface area contributed by atoms with Crippen LogP contribution in [0.5, 0.6) is 0 Å². The van der Waals surface area contributed by atoms with E-state index in [1.54, 1.807) is 6.92 Å². The zero-order valence-electron chi connectivity index (χ0n) is 8.50. The van der Waals surface area contributed by atoms with E-state index in [0.717, 1.165) is 12.8 Å². The first kappa shape index (κ1) is 12.4. The van der Waals surface area contributed by atoms with Crippen molar-refractivity contribution in [3.63, 3.8) is 0 Å². The molecule has 0 bridgehead atoms. The maximum absolute atomic E-state index is 11.1. The molecule has 0 radical (unpaired) electrons. The van der Waals surface area contributed by atoms with Gasteiger partial charge in [0.25, 0.3) is 0 Å². The third-order valence-corrected chi connectivity index (χ3v) is 1.84. The van der Waals surface area contributed by atoms with E-state index in [-0.39, 0.29) is 0 Å². The zero-order chi connectivity index (χ0) is 10.3. The van der Waals surface area contributed by atoms with Gasteiger partial charge in [0.15, 0.2) is 5.60 Å². The van der Waals surface area contributed by atoms with E-state index in [0.29, 0.717) is 13.0 Å². The molecule has 0 aromatic rings. The van der Waals surface area contributed by atoms with Gasteiger partial charge in [-0.15, -0.1) is 0 Å². The SMILES string of the molecule is CCCCOOC(=O)C(C)(O)CC. The summed E-state index contributed by atoms with van der Waals surface area (Å²) in [5, 5.41) is 9.39.